The van der Waals surface area contributed by atoms with E-state index in [0.29, 0.717) is 0 Å². The van der Waals surface area contributed by atoms with Crippen LogP contribution in [0, 0.1) is 0 Å². The van der Waals surface area contributed by atoms with E-state index in [0.717, 1.165) is 17.1 Å². The minimum absolute atomic E-state index is 1.12. The van der Waals surface area contributed by atoms with Gasteiger partial charge in [-0.2, -0.15) is 0 Å². The number of nitrogens with zero attached hydrogens (tertiary/aromatic N) is 1. The second kappa shape index (κ2) is 16.0. The minimum Gasteiger partial charge on any atom is -0.310 e. The van der Waals surface area contributed by atoms with Crippen molar-refractivity contribution in [3.63, 3.8) is 0 Å². The third kappa shape index (κ3) is 6.55. The van der Waals surface area contributed by atoms with E-state index in [9.17, 15) is 0 Å². The summed E-state index contributed by atoms with van der Waals surface area (Å²) in [5, 5.41) is 14.8. The number of fused-ring (bicyclic) bond motifs is 9. The Morgan fingerprint density at radius 2 is 0.716 bits per heavy atom. The van der Waals surface area contributed by atoms with E-state index >= 15 is 0 Å². The van der Waals surface area contributed by atoms with Crippen LogP contribution in [0.25, 0.3) is 109 Å². The molecule has 0 fully saturated rings. The average molecular weight is 850 g/mol. The van der Waals surface area contributed by atoms with Gasteiger partial charge in [-0.15, -0.1) is 0 Å². The molecule has 67 heavy (non-hydrogen) atoms. The van der Waals surface area contributed by atoms with E-state index < -0.39 is 0 Å². The molecule has 0 aliphatic rings. The van der Waals surface area contributed by atoms with Crippen LogP contribution in [-0.2, 0) is 0 Å². The van der Waals surface area contributed by atoms with Gasteiger partial charge in [0.2, 0.25) is 0 Å². The first-order valence-corrected chi connectivity index (χ1v) is 23.2. The van der Waals surface area contributed by atoms with E-state index in [-0.39, 0.29) is 0 Å². The van der Waals surface area contributed by atoms with E-state index in [1.807, 2.05) is 0 Å². The van der Waals surface area contributed by atoms with Crippen LogP contribution in [0.4, 0.5) is 17.1 Å². The molecule has 0 atom stereocenters. The first-order chi connectivity index (χ1) is 33.2. The molecular formula is C66H43N. The number of anilines is 3. The fraction of sp³-hybridized carbons (Fsp3) is 0. The molecule has 0 saturated carbocycles. The topological polar surface area (TPSA) is 3.24 Å². The molecule has 0 aliphatic carbocycles. The Morgan fingerprint density at radius 3 is 1.34 bits per heavy atom. The molecule has 0 spiro atoms. The van der Waals surface area contributed by atoms with Crippen molar-refractivity contribution in [1.29, 1.82) is 0 Å². The van der Waals surface area contributed by atoms with Gasteiger partial charge in [0.25, 0.3) is 0 Å². The molecule has 0 N–H and O–H groups in total. The normalized spacial score (nSPS) is 11.6. The van der Waals surface area contributed by atoms with Crippen LogP contribution in [0.3, 0.4) is 0 Å². The van der Waals surface area contributed by atoms with Gasteiger partial charge >= 0.3 is 0 Å². The van der Waals surface area contributed by atoms with E-state index in [1.165, 1.54) is 109 Å². The number of hydrogen-bond acceptors (Lipinski definition) is 1. The van der Waals surface area contributed by atoms with Crippen molar-refractivity contribution in [2.24, 2.45) is 0 Å². The lowest BCUT2D eigenvalue weighted by atomic mass is 9.81. The molecule has 13 aromatic carbocycles. The summed E-state index contributed by atoms with van der Waals surface area (Å²) in [6, 6.07) is 96.0. The van der Waals surface area contributed by atoms with Crippen LogP contribution < -0.4 is 4.90 Å². The third-order valence-corrected chi connectivity index (χ3v) is 13.8. The summed E-state index contributed by atoms with van der Waals surface area (Å²) in [5.41, 5.74) is 13.1. The molecule has 0 aromatic heterocycles. The Labute approximate surface area is 390 Å². The first-order valence-electron chi connectivity index (χ1n) is 23.2. The molecule has 0 heterocycles. The fourth-order valence-corrected chi connectivity index (χ4v) is 10.7. The number of benzene rings is 13. The molecule has 0 aliphatic heterocycles. The summed E-state index contributed by atoms with van der Waals surface area (Å²) in [5.74, 6) is 0. The van der Waals surface area contributed by atoms with Crippen molar-refractivity contribution in [2.75, 3.05) is 4.90 Å². The van der Waals surface area contributed by atoms with Gasteiger partial charge < -0.3 is 4.90 Å². The van der Waals surface area contributed by atoms with Crippen molar-refractivity contribution >= 4 is 81.7 Å². The second-order valence-corrected chi connectivity index (χ2v) is 17.6. The molecule has 13 rings (SSSR count). The zero-order valence-electron chi connectivity index (χ0n) is 36.8. The Kier molecular flexibility index (Phi) is 9.25. The van der Waals surface area contributed by atoms with Crippen LogP contribution in [0.1, 0.15) is 0 Å². The lowest BCUT2D eigenvalue weighted by molar-refractivity contribution is 1.31. The molecule has 1 nitrogen and oxygen atoms in total. The average Bonchev–Trinajstić information content (AvgIpc) is 3.41. The van der Waals surface area contributed by atoms with Crippen molar-refractivity contribution < 1.29 is 0 Å². The molecule has 13 aromatic rings. The van der Waals surface area contributed by atoms with Crippen LogP contribution >= 0.6 is 0 Å². The molecule has 0 bridgehead atoms. The van der Waals surface area contributed by atoms with Gasteiger partial charge in [0, 0.05) is 16.8 Å². The summed E-state index contributed by atoms with van der Waals surface area (Å²) in [6.45, 7) is 0. The summed E-state index contributed by atoms with van der Waals surface area (Å²) in [6.07, 6.45) is 0. The maximum atomic E-state index is 2.45. The molecule has 312 valence electrons. The molecule has 0 saturated heterocycles. The predicted molar refractivity (Wildman–Crippen MR) is 288 cm³/mol. The van der Waals surface area contributed by atoms with Crippen LogP contribution in [-0.4, -0.2) is 0 Å². The summed E-state index contributed by atoms with van der Waals surface area (Å²) < 4.78 is 0. The zero-order valence-corrected chi connectivity index (χ0v) is 36.8. The van der Waals surface area contributed by atoms with Crippen LogP contribution in [0.15, 0.2) is 261 Å². The Hall–Kier alpha value is -8.78. The van der Waals surface area contributed by atoms with Gasteiger partial charge in [-0.05, 0) is 146 Å². The quantitative estimate of drug-likeness (QED) is 0.144. The second-order valence-electron chi connectivity index (χ2n) is 17.6. The van der Waals surface area contributed by atoms with Gasteiger partial charge in [0.05, 0.1) is 5.69 Å². The largest absolute Gasteiger partial charge is 0.310 e. The van der Waals surface area contributed by atoms with Crippen molar-refractivity contribution in [2.45, 2.75) is 0 Å². The fourth-order valence-electron chi connectivity index (χ4n) is 10.7. The summed E-state index contributed by atoms with van der Waals surface area (Å²) in [7, 11) is 0. The number of rotatable bonds is 7. The van der Waals surface area contributed by atoms with E-state index in [2.05, 4.69) is 266 Å². The maximum absolute atomic E-state index is 2.45. The van der Waals surface area contributed by atoms with Crippen molar-refractivity contribution in [3.8, 4) is 44.5 Å². The first kappa shape index (κ1) is 38.7. The smallest absolute Gasteiger partial charge is 0.0540 e. The monoisotopic (exact) mass is 849 g/mol. The summed E-state index contributed by atoms with van der Waals surface area (Å²) >= 11 is 0. The minimum atomic E-state index is 1.12. The highest BCUT2D eigenvalue weighted by Crippen LogP contribution is 2.50. The van der Waals surface area contributed by atoms with Crippen LogP contribution in [0.5, 0.6) is 0 Å². The standard InChI is InChI=1S/C66H43N/c1-4-20-46(21-5-1)60-43-61(47-22-6-2-7-23-47)65-58-31-17-15-29-56(58)62-42-51(34-37-59(62)66(65)64(60)48-24-8-3-9-25-48)54-38-39-63(57-30-16-14-28-55(54)57)67(52-35-32-44-18-10-12-26-49(44)40-52)53-36-33-45-19-11-13-27-50(45)41-53/h1-43H. The lowest BCUT2D eigenvalue weighted by Crippen LogP contribution is -2.10. The van der Waals surface area contributed by atoms with Gasteiger partial charge in [0.1, 0.15) is 0 Å². The van der Waals surface area contributed by atoms with Gasteiger partial charge in [-0.25, -0.2) is 0 Å². The number of hydrogen-bond donors (Lipinski definition) is 0. The Balaban J connectivity index is 1.08. The van der Waals surface area contributed by atoms with Gasteiger partial charge in [-0.1, -0.05) is 218 Å². The van der Waals surface area contributed by atoms with Crippen LogP contribution in [0.2, 0.25) is 0 Å². The molecule has 1 heteroatoms. The van der Waals surface area contributed by atoms with Crippen molar-refractivity contribution in [3.05, 3.63) is 261 Å². The third-order valence-electron chi connectivity index (χ3n) is 13.8. The molecule has 0 unspecified atom stereocenters. The highest BCUT2D eigenvalue weighted by molar-refractivity contribution is 6.33. The van der Waals surface area contributed by atoms with E-state index in [4.69, 9.17) is 0 Å². The zero-order chi connectivity index (χ0) is 44.3. The van der Waals surface area contributed by atoms with Gasteiger partial charge in [-0.3, -0.25) is 0 Å². The Bertz CT molecular complexity index is 3940. The maximum Gasteiger partial charge on any atom is 0.0540 e. The predicted octanol–water partition coefficient (Wildman–Crippen LogP) is 18.7. The highest BCUT2D eigenvalue weighted by atomic mass is 15.1. The van der Waals surface area contributed by atoms with Crippen molar-refractivity contribution in [1.82, 2.24) is 0 Å². The van der Waals surface area contributed by atoms with Gasteiger partial charge in [0.15, 0.2) is 0 Å². The van der Waals surface area contributed by atoms with E-state index in [1.54, 1.807) is 0 Å². The lowest BCUT2D eigenvalue weighted by Gasteiger charge is -2.28. The summed E-state index contributed by atoms with van der Waals surface area (Å²) in [4.78, 5) is 2.44. The SMILES string of the molecule is c1ccc(-c2cc(-c3ccccc3)c3c4ccccc4c4cc(-c5ccc(N(c6ccc7ccccc7c6)c6ccc7ccccc7c6)c6ccccc56)ccc4c3c2-c2ccccc2)cc1. The molecule has 0 radical (unpaired) electrons. The Morgan fingerprint density at radius 1 is 0.224 bits per heavy atom. The molecule has 0 amide bonds. The molecular weight excluding hydrogens is 807 g/mol. The highest BCUT2D eigenvalue weighted by Gasteiger charge is 2.23.